The molecule has 1 N–H and O–H groups in total. The van der Waals surface area contributed by atoms with Crippen molar-refractivity contribution in [3.8, 4) is 0 Å². The van der Waals surface area contributed by atoms with Crippen LogP contribution in [0.4, 0.5) is 5.69 Å². The second kappa shape index (κ2) is 7.10. The van der Waals surface area contributed by atoms with Gasteiger partial charge in [0, 0.05) is 10.2 Å². The lowest BCUT2D eigenvalue weighted by Crippen LogP contribution is -2.15. The van der Waals surface area contributed by atoms with Crippen molar-refractivity contribution in [2.75, 3.05) is 5.32 Å². The summed E-state index contributed by atoms with van der Waals surface area (Å²) in [6.07, 6.45) is 1.74. The van der Waals surface area contributed by atoms with Gasteiger partial charge in [-0.2, -0.15) is 0 Å². The summed E-state index contributed by atoms with van der Waals surface area (Å²) in [6, 6.07) is 11.4. The third-order valence-electron chi connectivity index (χ3n) is 3.43. The number of hydrogen-bond acceptors (Lipinski definition) is 1. The zero-order valence-corrected chi connectivity index (χ0v) is 14.4. The lowest BCUT2D eigenvalue weighted by molar-refractivity contribution is 0.102. The largest absolute Gasteiger partial charge is 0.321 e. The van der Waals surface area contributed by atoms with Crippen LogP contribution in [0.15, 0.2) is 40.9 Å². The Hall–Kier alpha value is -1.32. The number of benzene rings is 2. The number of aryl methyl sites for hydroxylation is 2. The van der Waals surface area contributed by atoms with Crippen LogP contribution in [0.2, 0.25) is 5.02 Å². The lowest BCUT2D eigenvalue weighted by Gasteiger charge is -2.15. The molecule has 2 aromatic rings. The molecule has 0 aromatic heterocycles. The quantitative estimate of drug-likeness (QED) is 0.762. The molecule has 0 atom stereocenters. The molecule has 2 aromatic carbocycles. The Morgan fingerprint density at radius 3 is 2.24 bits per heavy atom. The monoisotopic (exact) mass is 365 g/mol. The summed E-state index contributed by atoms with van der Waals surface area (Å²) in [4.78, 5) is 12.5. The molecule has 1 amide bonds. The molecule has 21 heavy (non-hydrogen) atoms. The number of nitrogens with one attached hydrogen (secondary N) is 1. The van der Waals surface area contributed by atoms with Gasteiger partial charge in [0.2, 0.25) is 0 Å². The fourth-order valence-corrected chi connectivity index (χ4v) is 2.84. The Balaban J connectivity index is 2.38. The first kappa shape index (κ1) is 16.1. The molecule has 0 unspecified atom stereocenters. The van der Waals surface area contributed by atoms with Gasteiger partial charge in [0.15, 0.2) is 0 Å². The van der Waals surface area contributed by atoms with E-state index in [2.05, 4.69) is 35.1 Å². The fourth-order valence-electron chi connectivity index (χ4n) is 2.26. The lowest BCUT2D eigenvalue weighted by atomic mass is 10.0. The third kappa shape index (κ3) is 3.47. The molecule has 0 spiro atoms. The molecule has 0 aliphatic carbocycles. The van der Waals surface area contributed by atoms with Gasteiger partial charge in [-0.3, -0.25) is 4.79 Å². The normalized spacial score (nSPS) is 10.5. The van der Waals surface area contributed by atoms with Gasteiger partial charge in [0.25, 0.3) is 5.91 Å². The van der Waals surface area contributed by atoms with Gasteiger partial charge in [-0.15, -0.1) is 0 Å². The zero-order valence-electron chi connectivity index (χ0n) is 12.0. The van der Waals surface area contributed by atoms with Gasteiger partial charge in [0.1, 0.15) is 0 Å². The summed E-state index contributed by atoms with van der Waals surface area (Å²) < 4.78 is 0.719. The molecule has 0 bridgehead atoms. The van der Waals surface area contributed by atoms with Crippen LogP contribution in [0.3, 0.4) is 0 Å². The van der Waals surface area contributed by atoms with Gasteiger partial charge >= 0.3 is 0 Å². The molecule has 0 heterocycles. The summed E-state index contributed by atoms with van der Waals surface area (Å²) in [7, 11) is 0. The Labute approximate surface area is 138 Å². The zero-order chi connectivity index (χ0) is 15.4. The highest BCUT2D eigenvalue weighted by atomic mass is 79.9. The minimum Gasteiger partial charge on any atom is -0.321 e. The van der Waals surface area contributed by atoms with Crippen molar-refractivity contribution in [2.45, 2.75) is 26.7 Å². The van der Waals surface area contributed by atoms with Crippen LogP contribution in [0.1, 0.15) is 35.3 Å². The summed E-state index contributed by atoms with van der Waals surface area (Å²) in [5.74, 6) is -0.183. The van der Waals surface area contributed by atoms with Crippen molar-refractivity contribution >= 4 is 39.1 Å². The van der Waals surface area contributed by atoms with E-state index >= 15 is 0 Å². The van der Waals surface area contributed by atoms with Crippen LogP contribution in [0.25, 0.3) is 0 Å². The van der Waals surface area contributed by atoms with E-state index in [9.17, 15) is 4.79 Å². The number of carbonyl (C=O) groups excluding carboxylic acids is 1. The molecule has 2 nitrogen and oxygen atoms in total. The van der Waals surface area contributed by atoms with Crippen LogP contribution < -0.4 is 5.32 Å². The number of para-hydroxylation sites is 1. The fraction of sp³-hybridized carbons (Fsp3) is 0.235. The third-order valence-corrected chi connectivity index (χ3v) is 4.73. The highest BCUT2D eigenvalue weighted by Gasteiger charge is 2.15. The molecule has 4 heteroatoms. The molecule has 0 radical (unpaired) electrons. The maximum atomic E-state index is 12.5. The maximum absolute atomic E-state index is 12.5. The van der Waals surface area contributed by atoms with Gasteiger partial charge in [-0.1, -0.05) is 49.7 Å². The summed E-state index contributed by atoms with van der Waals surface area (Å²) >= 11 is 9.54. The Kier molecular flexibility index (Phi) is 5.43. The van der Waals surface area contributed by atoms with Crippen molar-refractivity contribution in [1.29, 1.82) is 0 Å². The van der Waals surface area contributed by atoms with Crippen molar-refractivity contribution in [3.63, 3.8) is 0 Å². The Morgan fingerprint density at radius 1 is 1.10 bits per heavy atom. The Morgan fingerprint density at radius 2 is 1.67 bits per heavy atom. The van der Waals surface area contributed by atoms with Crippen molar-refractivity contribution < 1.29 is 4.79 Å². The van der Waals surface area contributed by atoms with Gasteiger partial charge < -0.3 is 5.32 Å². The number of anilines is 1. The predicted molar refractivity (Wildman–Crippen MR) is 92.3 cm³/mol. The van der Waals surface area contributed by atoms with E-state index in [1.807, 2.05) is 24.3 Å². The molecular formula is C17H17BrClNO. The predicted octanol–water partition coefficient (Wildman–Crippen LogP) is 5.48. The molecule has 0 aliphatic rings. The molecule has 0 aliphatic heterocycles. The number of rotatable bonds is 4. The molecular weight excluding hydrogens is 350 g/mol. The van der Waals surface area contributed by atoms with Crippen LogP contribution >= 0.6 is 27.5 Å². The number of carbonyl (C=O) groups is 1. The first-order valence-corrected chi connectivity index (χ1v) is 8.11. The minimum atomic E-state index is -0.183. The highest BCUT2D eigenvalue weighted by Crippen LogP contribution is 2.28. The average Bonchev–Trinajstić information content (AvgIpc) is 2.50. The van der Waals surface area contributed by atoms with E-state index in [4.69, 9.17) is 11.6 Å². The molecule has 2 rings (SSSR count). The van der Waals surface area contributed by atoms with Crippen LogP contribution in [0, 0.1) is 0 Å². The first-order chi connectivity index (χ1) is 10.1. The van der Waals surface area contributed by atoms with Crippen molar-refractivity contribution in [1.82, 2.24) is 0 Å². The Bertz CT molecular complexity index is 648. The topological polar surface area (TPSA) is 29.1 Å². The summed E-state index contributed by atoms with van der Waals surface area (Å²) in [5.41, 5.74) is 3.64. The summed E-state index contributed by atoms with van der Waals surface area (Å²) in [6.45, 7) is 4.16. The van der Waals surface area contributed by atoms with Gasteiger partial charge in [-0.05, 0) is 52.0 Å². The van der Waals surface area contributed by atoms with Gasteiger partial charge in [0.05, 0.1) is 10.6 Å². The maximum Gasteiger partial charge on any atom is 0.257 e. The first-order valence-electron chi connectivity index (χ1n) is 6.94. The van der Waals surface area contributed by atoms with Crippen LogP contribution in [-0.4, -0.2) is 5.91 Å². The van der Waals surface area contributed by atoms with E-state index < -0.39 is 0 Å². The van der Waals surface area contributed by atoms with E-state index in [0.29, 0.717) is 10.6 Å². The van der Waals surface area contributed by atoms with E-state index in [0.717, 1.165) is 34.1 Å². The minimum absolute atomic E-state index is 0.183. The number of hydrogen-bond donors (Lipinski definition) is 1. The molecule has 110 valence electrons. The van der Waals surface area contributed by atoms with Crippen LogP contribution in [-0.2, 0) is 12.8 Å². The molecule has 0 saturated heterocycles. The SMILES string of the molecule is CCc1cccc(CC)c1NC(=O)c1cccc(Br)c1Cl. The smallest absolute Gasteiger partial charge is 0.257 e. The van der Waals surface area contributed by atoms with E-state index in [1.54, 1.807) is 12.1 Å². The van der Waals surface area contributed by atoms with Gasteiger partial charge in [-0.25, -0.2) is 0 Å². The standard InChI is InChI=1S/C17H17BrClNO/c1-3-11-7-5-8-12(4-2)16(11)20-17(21)13-9-6-10-14(18)15(13)19/h5-10H,3-4H2,1-2H3,(H,20,21). The highest BCUT2D eigenvalue weighted by molar-refractivity contribution is 9.10. The van der Waals surface area contributed by atoms with E-state index in [1.165, 1.54) is 0 Å². The van der Waals surface area contributed by atoms with Crippen LogP contribution in [0.5, 0.6) is 0 Å². The van der Waals surface area contributed by atoms with Crippen molar-refractivity contribution in [3.05, 3.63) is 62.6 Å². The molecule has 0 saturated carbocycles. The van der Waals surface area contributed by atoms with Crippen molar-refractivity contribution in [2.24, 2.45) is 0 Å². The second-order valence-electron chi connectivity index (χ2n) is 4.71. The summed E-state index contributed by atoms with van der Waals surface area (Å²) in [5, 5.41) is 3.45. The number of amides is 1. The number of halogens is 2. The molecule has 0 fully saturated rings. The second-order valence-corrected chi connectivity index (χ2v) is 5.95. The average molecular weight is 367 g/mol. The van der Waals surface area contributed by atoms with E-state index in [-0.39, 0.29) is 5.91 Å².